The van der Waals surface area contributed by atoms with Gasteiger partial charge in [0.2, 0.25) is 0 Å². The molecular weight excluding hydrogens is 318 g/mol. The molecule has 0 radical (unpaired) electrons. The summed E-state index contributed by atoms with van der Waals surface area (Å²) in [4.78, 5) is 9.15. The maximum Gasteiger partial charge on any atom is 0.187 e. The van der Waals surface area contributed by atoms with Gasteiger partial charge in [-0.2, -0.15) is 4.68 Å². The Morgan fingerprint density at radius 1 is 1.16 bits per heavy atom. The molecule has 2 aromatic heterocycles. The van der Waals surface area contributed by atoms with Crippen molar-refractivity contribution in [3.05, 3.63) is 36.3 Å². The van der Waals surface area contributed by atoms with Crippen LogP contribution in [0.1, 0.15) is 31.5 Å². The van der Waals surface area contributed by atoms with Gasteiger partial charge in [-0.05, 0) is 55.9 Å². The number of benzene rings is 1. The molecule has 3 aromatic rings. The second-order valence-corrected chi connectivity index (χ2v) is 6.57. The number of hydrogen-bond donors (Lipinski definition) is 1. The van der Waals surface area contributed by atoms with Crippen LogP contribution in [-0.2, 0) is 6.42 Å². The molecule has 0 unspecified atom stereocenters. The summed E-state index contributed by atoms with van der Waals surface area (Å²) in [6.45, 7) is 0. The first kappa shape index (κ1) is 16.0. The Labute approximate surface area is 145 Å². The summed E-state index contributed by atoms with van der Waals surface area (Å²) in [5.41, 5.74) is 2.28. The van der Waals surface area contributed by atoms with E-state index in [1.54, 1.807) is 18.0 Å². The van der Waals surface area contributed by atoms with E-state index in [1.165, 1.54) is 0 Å². The monoisotopic (exact) mass is 339 g/mol. The molecular formula is C18H21N5O2. The van der Waals surface area contributed by atoms with Crippen molar-refractivity contribution in [2.75, 3.05) is 7.11 Å². The zero-order valence-electron chi connectivity index (χ0n) is 14.2. The van der Waals surface area contributed by atoms with E-state index in [2.05, 4.69) is 15.3 Å². The average Bonchev–Trinajstić information content (AvgIpc) is 3.07. The number of fused-ring (bicyclic) bond motifs is 1. The van der Waals surface area contributed by atoms with Crippen molar-refractivity contribution in [2.45, 2.75) is 38.2 Å². The van der Waals surface area contributed by atoms with Crippen LogP contribution in [0.2, 0.25) is 0 Å². The van der Waals surface area contributed by atoms with Crippen LogP contribution < -0.4 is 4.74 Å². The Morgan fingerprint density at radius 3 is 2.64 bits per heavy atom. The van der Waals surface area contributed by atoms with Crippen LogP contribution in [0, 0.1) is 5.92 Å². The van der Waals surface area contributed by atoms with Crippen LogP contribution in [0.5, 0.6) is 5.75 Å². The Kier molecular flexibility index (Phi) is 4.31. The van der Waals surface area contributed by atoms with Crippen LogP contribution in [0.15, 0.2) is 30.5 Å². The van der Waals surface area contributed by atoms with E-state index >= 15 is 0 Å². The van der Waals surface area contributed by atoms with Gasteiger partial charge in [-0.15, -0.1) is 5.10 Å². The molecule has 1 saturated carbocycles. The summed E-state index contributed by atoms with van der Waals surface area (Å²) in [6.07, 6.45) is 6.23. The number of aromatic nitrogens is 5. The van der Waals surface area contributed by atoms with Gasteiger partial charge in [-0.3, -0.25) is 0 Å². The Bertz CT molecular complexity index is 854. The molecule has 130 valence electrons. The Hall–Kier alpha value is -2.54. The molecule has 0 aliphatic heterocycles. The van der Waals surface area contributed by atoms with Crippen molar-refractivity contribution in [2.24, 2.45) is 5.92 Å². The number of hydrogen-bond acceptors (Lipinski definition) is 6. The highest BCUT2D eigenvalue weighted by Gasteiger charge is 2.21. The minimum atomic E-state index is -0.139. The normalized spacial score (nSPS) is 20.7. The molecule has 1 fully saturated rings. The number of nitrogens with zero attached hydrogens (tertiary/aromatic N) is 5. The molecule has 4 rings (SSSR count). The SMILES string of the molecule is COc1ccc(-n2nnc3cnc(CC4CCC(O)CC4)nc32)cc1. The van der Waals surface area contributed by atoms with Crippen molar-refractivity contribution >= 4 is 11.2 Å². The van der Waals surface area contributed by atoms with Gasteiger partial charge < -0.3 is 9.84 Å². The van der Waals surface area contributed by atoms with Gasteiger partial charge in [0.05, 0.1) is 25.1 Å². The molecule has 0 saturated heterocycles. The minimum absolute atomic E-state index is 0.139. The fraction of sp³-hybridized carbons (Fsp3) is 0.444. The standard InChI is InChI=1S/C18H21N5O2/c1-25-15-8-4-13(5-9-15)23-18-16(21-22-23)11-19-17(20-18)10-12-2-6-14(24)7-3-12/h4-5,8-9,11-12,14,24H,2-3,6-7,10H2,1H3. The Balaban J connectivity index is 1.60. The molecule has 25 heavy (non-hydrogen) atoms. The first-order chi connectivity index (χ1) is 12.2. The highest BCUT2D eigenvalue weighted by molar-refractivity contribution is 5.70. The van der Waals surface area contributed by atoms with Crippen molar-refractivity contribution in [1.82, 2.24) is 25.0 Å². The lowest BCUT2D eigenvalue weighted by Crippen LogP contribution is -2.20. The average molecular weight is 339 g/mol. The van der Waals surface area contributed by atoms with Gasteiger partial charge in [-0.25, -0.2) is 9.97 Å². The predicted molar refractivity (Wildman–Crippen MR) is 92.7 cm³/mol. The summed E-state index contributed by atoms with van der Waals surface area (Å²) >= 11 is 0. The van der Waals surface area contributed by atoms with E-state index in [1.807, 2.05) is 24.3 Å². The van der Waals surface area contributed by atoms with E-state index in [9.17, 15) is 5.11 Å². The molecule has 0 spiro atoms. The molecule has 1 N–H and O–H groups in total. The zero-order chi connectivity index (χ0) is 17.2. The van der Waals surface area contributed by atoms with Gasteiger partial charge in [-0.1, -0.05) is 5.21 Å². The van der Waals surface area contributed by atoms with Crippen LogP contribution >= 0.6 is 0 Å². The van der Waals surface area contributed by atoms with E-state index in [-0.39, 0.29) is 6.10 Å². The second kappa shape index (κ2) is 6.76. The van der Waals surface area contributed by atoms with E-state index < -0.39 is 0 Å². The minimum Gasteiger partial charge on any atom is -0.497 e. The highest BCUT2D eigenvalue weighted by Crippen LogP contribution is 2.27. The predicted octanol–water partition coefficient (Wildman–Crippen LogP) is 2.31. The van der Waals surface area contributed by atoms with Gasteiger partial charge in [0.1, 0.15) is 11.6 Å². The quantitative estimate of drug-likeness (QED) is 0.785. The lowest BCUT2D eigenvalue weighted by atomic mass is 9.85. The summed E-state index contributed by atoms with van der Waals surface area (Å²) < 4.78 is 6.92. The van der Waals surface area contributed by atoms with Gasteiger partial charge in [0, 0.05) is 6.42 Å². The molecule has 0 atom stereocenters. The largest absolute Gasteiger partial charge is 0.497 e. The molecule has 1 aliphatic rings. The third-order valence-corrected chi connectivity index (χ3v) is 4.85. The first-order valence-electron chi connectivity index (χ1n) is 8.63. The molecule has 7 heteroatoms. The Morgan fingerprint density at radius 2 is 1.92 bits per heavy atom. The zero-order valence-corrected chi connectivity index (χ0v) is 14.2. The third kappa shape index (κ3) is 3.32. The van der Waals surface area contributed by atoms with Crippen molar-refractivity contribution in [3.8, 4) is 11.4 Å². The number of aliphatic hydroxyl groups excluding tert-OH is 1. The number of aliphatic hydroxyl groups is 1. The maximum absolute atomic E-state index is 9.65. The van der Waals surface area contributed by atoms with Gasteiger partial charge in [0.25, 0.3) is 0 Å². The van der Waals surface area contributed by atoms with E-state index in [4.69, 9.17) is 9.72 Å². The van der Waals surface area contributed by atoms with Gasteiger partial charge in [0.15, 0.2) is 11.2 Å². The second-order valence-electron chi connectivity index (χ2n) is 6.57. The first-order valence-corrected chi connectivity index (χ1v) is 8.63. The van der Waals surface area contributed by atoms with Crippen LogP contribution in [-0.4, -0.2) is 43.3 Å². The summed E-state index contributed by atoms with van der Waals surface area (Å²) in [5, 5.41) is 18.0. The van der Waals surface area contributed by atoms with Crippen LogP contribution in [0.3, 0.4) is 0 Å². The molecule has 2 heterocycles. The van der Waals surface area contributed by atoms with Gasteiger partial charge >= 0.3 is 0 Å². The van der Waals surface area contributed by atoms with Crippen molar-refractivity contribution in [3.63, 3.8) is 0 Å². The fourth-order valence-corrected chi connectivity index (χ4v) is 3.37. The number of ether oxygens (including phenoxy) is 1. The van der Waals surface area contributed by atoms with E-state index in [0.717, 1.165) is 49.4 Å². The highest BCUT2D eigenvalue weighted by atomic mass is 16.5. The fourth-order valence-electron chi connectivity index (χ4n) is 3.37. The molecule has 1 aliphatic carbocycles. The molecule has 1 aromatic carbocycles. The smallest absolute Gasteiger partial charge is 0.187 e. The summed E-state index contributed by atoms with van der Waals surface area (Å²) in [5.74, 6) is 2.14. The molecule has 0 amide bonds. The third-order valence-electron chi connectivity index (χ3n) is 4.85. The molecule has 7 nitrogen and oxygen atoms in total. The summed E-state index contributed by atoms with van der Waals surface area (Å²) in [7, 11) is 1.64. The van der Waals surface area contributed by atoms with Crippen LogP contribution in [0.4, 0.5) is 0 Å². The lowest BCUT2D eigenvalue weighted by molar-refractivity contribution is 0.108. The van der Waals surface area contributed by atoms with Crippen molar-refractivity contribution < 1.29 is 9.84 Å². The van der Waals surface area contributed by atoms with Crippen LogP contribution in [0.25, 0.3) is 16.9 Å². The topological polar surface area (TPSA) is 86.0 Å². The molecule has 0 bridgehead atoms. The summed E-state index contributed by atoms with van der Waals surface area (Å²) in [6, 6.07) is 7.63. The maximum atomic E-state index is 9.65. The van der Waals surface area contributed by atoms with Crippen molar-refractivity contribution in [1.29, 1.82) is 0 Å². The lowest BCUT2D eigenvalue weighted by Gasteiger charge is -2.24. The number of rotatable bonds is 4. The number of methoxy groups -OCH3 is 1. The van der Waals surface area contributed by atoms with E-state index in [0.29, 0.717) is 17.1 Å².